The SMILES string of the molecule is CCc1cc(C)cc(OCCOc2c(I)cc(C=O)cc2OC)c1. The molecule has 2 aromatic rings. The van der Waals surface area contributed by atoms with Gasteiger partial charge in [0.25, 0.3) is 0 Å². The largest absolute Gasteiger partial charge is 0.493 e. The third-order valence-corrected chi connectivity index (χ3v) is 4.31. The van der Waals surface area contributed by atoms with Crippen molar-refractivity contribution >= 4 is 28.9 Å². The second-order valence-corrected chi connectivity index (χ2v) is 6.52. The smallest absolute Gasteiger partial charge is 0.174 e. The predicted octanol–water partition coefficient (Wildman–Crippen LogP) is 4.44. The van der Waals surface area contributed by atoms with E-state index >= 15 is 0 Å². The van der Waals surface area contributed by atoms with E-state index in [9.17, 15) is 4.79 Å². The summed E-state index contributed by atoms with van der Waals surface area (Å²) in [5.41, 5.74) is 3.00. The summed E-state index contributed by atoms with van der Waals surface area (Å²) in [7, 11) is 1.56. The van der Waals surface area contributed by atoms with Gasteiger partial charge in [-0.15, -0.1) is 0 Å². The molecule has 2 rings (SSSR count). The molecule has 2 aromatic carbocycles. The molecule has 0 fully saturated rings. The third-order valence-electron chi connectivity index (χ3n) is 3.51. The fourth-order valence-corrected chi connectivity index (χ4v) is 3.14. The van der Waals surface area contributed by atoms with Gasteiger partial charge < -0.3 is 14.2 Å². The van der Waals surface area contributed by atoms with Crippen LogP contribution in [0.2, 0.25) is 0 Å². The van der Waals surface area contributed by atoms with Crippen LogP contribution in [0.4, 0.5) is 0 Å². The Bertz CT molecular complexity index is 713. The van der Waals surface area contributed by atoms with E-state index < -0.39 is 0 Å². The molecule has 128 valence electrons. The van der Waals surface area contributed by atoms with Crippen LogP contribution in [-0.2, 0) is 6.42 Å². The van der Waals surface area contributed by atoms with Gasteiger partial charge in [0.2, 0.25) is 0 Å². The molecule has 0 aliphatic rings. The topological polar surface area (TPSA) is 44.8 Å². The Kier molecular flexibility index (Phi) is 6.90. The Morgan fingerprint density at radius 3 is 2.50 bits per heavy atom. The van der Waals surface area contributed by atoms with Crippen molar-refractivity contribution in [1.29, 1.82) is 0 Å². The number of ether oxygens (including phenoxy) is 3. The highest BCUT2D eigenvalue weighted by Crippen LogP contribution is 2.33. The van der Waals surface area contributed by atoms with Crippen molar-refractivity contribution in [1.82, 2.24) is 0 Å². The molecule has 0 amide bonds. The molecule has 0 aliphatic heterocycles. The zero-order valence-corrected chi connectivity index (χ0v) is 16.3. The highest BCUT2D eigenvalue weighted by molar-refractivity contribution is 14.1. The second-order valence-electron chi connectivity index (χ2n) is 5.36. The first-order chi connectivity index (χ1) is 11.6. The molecule has 5 heteroatoms. The fraction of sp³-hybridized carbons (Fsp3) is 0.316. The number of methoxy groups -OCH3 is 1. The maximum absolute atomic E-state index is 10.9. The van der Waals surface area contributed by atoms with Gasteiger partial charge in [0.1, 0.15) is 25.2 Å². The van der Waals surface area contributed by atoms with E-state index in [1.165, 1.54) is 11.1 Å². The van der Waals surface area contributed by atoms with Gasteiger partial charge >= 0.3 is 0 Å². The summed E-state index contributed by atoms with van der Waals surface area (Å²) in [6, 6.07) is 9.66. The van der Waals surface area contributed by atoms with Crippen LogP contribution in [0.25, 0.3) is 0 Å². The summed E-state index contributed by atoms with van der Waals surface area (Å²) in [6.07, 6.45) is 1.77. The number of benzene rings is 2. The minimum absolute atomic E-state index is 0.391. The number of carbonyl (C=O) groups is 1. The molecule has 0 bridgehead atoms. The van der Waals surface area contributed by atoms with E-state index in [2.05, 4.69) is 48.6 Å². The Balaban J connectivity index is 1.97. The van der Waals surface area contributed by atoms with E-state index in [-0.39, 0.29) is 0 Å². The van der Waals surface area contributed by atoms with Gasteiger partial charge in [-0.25, -0.2) is 0 Å². The normalized spacial score (nSPS) is 10.3. The molecular weight excluding hydrogens is 419 g/mol. The highest BCUT2D eigenvalue weighted by Gasteiger charge is 2.11. The summed E-state index contributed by atoms with van der Waals surface area (Å²) in [5, 5.41) is 0. The van der Waals surface area contributed by atoms with Crippen molar-refractivity contribution in [3.05, 3.63) is 50.6 Å². The minimum atomic E-state index is 0.391. The number of hydrogen-bond donors (Lipinski definition) is 0. The summed E-state index contributed by atoms with van der Waals surface area (Å²) in [5.74, 6) is 2.03. The molecule has 24 heavy (non-hydrogen) atoms. The molecular formula is C19H21IO4. The average Bonchev–Trinajstić information content (AvgIpc) is 2.58. The fourth-order valence-electron chi connectivity index (χ4n) is 2.36. The molecule has 0 heterocycles. The highest BCUT2D eigenvalue weighted by atomic mass is 127. The minimum Gasteiger partial charge on any atom is -0.493 e. The van der Waals surface area contributed by atoms with Gasteiger partial charge in [-0.1, -0.05) is 13.0 Å². The van der Waals surface area contributed by atoms with Crippen LogP contribution in [-0.4, -0.2) is 26.6 Å². The van der Waals surface area contributed by atoms with Gasteiger partial charge in [0, 0.05) is 5.56 Å². The van der Waals surface area contributed by atoms with Gasteiger partial charge in [0.05, 0.1) is 10.7 Å². The van der Waals surface area contributed by atoms with Crippen molar-refractivity contribution < 1.29 is 19.0 Å². The predicted molar refractivity (Wildman–Crippen MR) is 103 cm³/mol. The lowest BCUT2D eigenvalue weighted by molar-refractivity contribution is 0.112. The van der Waals surface area contributed by atoms with Gasteiger partial charge in [-0.3, -0.25) is 4.79 Å². The summed E-state index contributed by atoms with van der Waals surface area (Å²) >= 11 is 2.13. The summed E-state index contributed by atoms with van der Waals surface area (Å²) in [4.78, 5) is 10.9. The van der Waals surface area contributed by atoms with Gasteiger partial charge in [-0.2, -0.15) is 0 Å². The first kappa shape index (κ1) is 18.6. The van der Waals surface area contributed by atoms with Crippen molar-refractivity contribution in [2.45, 2.75) is 20.3 Å². The molecule has 0 atom stereocenters. The van der Waals surface area contributed by atoms with Crippen LogP contribution in [0.1, 0.15) is 28.4 Å². The lowest BCUT2D eigenvalue weighted by atomic mass is 10.1. The van der Waals surface area contributed by atoms with Crippen molar-refractivity contribution in [3.63, 3.8) is 0 Å². The molecule has 0 aliphatic carbocycles. The number of halogens is 1. The van der Waals surface area contributed by atoms with E-state index in [4.69, 9.17) is 14.2 Å². The molecule has 0 saturated carbocycles. The van der Waals surface area contributed by atoms with E-state index in [0.717, 1.165) is 22.0 Å². The number of aryl methyl sites for hydroxylation is 2. The number of hydrogen-bond acceptors (Lipinski definition) is 4. The van der Waals surface area contributed by atoms with Crippen molar-refractivity contribution in [3.8, 4) is 17.2 Å². The molecule has 0 radical (unpaired) electrons. The van der Waals surface area contributed by atoms with E-state index in [0.29, 0.717) is 30.3 Å². The van der Waals surface area contributed by atoms with E-state index in [1.54, 1.807) is 19.2 Å². The first-order valence-corrected chi connectivity index (χ1v) is 8.84. The van der Waals surface area contributed by atoms with Crippen LogP contribution >= 0.6 is 22.6 Å². The van der Waals surface area contributed by atoms with Crippen LogP contribution in [0.5, 0.6) is 17.2 Å². The average molecular weight is 440 g/mol. The first-order valence-electron chi connectivity index (χ1n) is 7.76. The Morgan fingerprint density at radius 1 is 1.08 bits per heavy atom. The van der Waals surface area contributed by atoms with Crippen molar-refractivity contribution in [2.75, 3.05) is 20.3 Å². The van der Waals surface area contributed by atoms with Crippen LogP contribution < -0.4 is 14.2 Å². The Morgan fingerprint density at radius 2 is 1.83 bits per heavy atom. The lowest BCUT2D eigenvalue weighted by Gasteiger charge is -2.14. The van der Waals surface area contributed by atoms with Crippen LogP contribution in [0.3, 0.4) is 0 Å². The van der Waals surface area contributed by atoms with Crippen molar-refractivity contribution in [2.24, 2.45) is 0 Å². The van der Waals surface area contributed by atoms with Crippen LogP contribution in [0, 0.1) is 10.5 Å². The quantitative estimate of drug-likeness (QED) is 0.346. The zero-order chi connectivity index (χ0) is 17.5. The summed E-state index contributed by atoms with van der Waals surface area (Å²) < 4.78 is 17.7. The molecule has 0 saturated heterocycles. The Hall–Kier alpha value is -1.76. The zero-order valence-electron chi connectivity index (χ0n) is 14.1. The molecule has 0 spiro atoms. The lowest BCUT2D eigenvalue weighted by Crippen LogP contribution is -2.10. The molecule has 0 N–H and O–H groups in total. The number of aldehydes is 1. The van der Waals surface area contributed by atoms with E-state index in [1.807, 2.05) is 6.07 Å². The Labute approximate surface area is 156 Å². The van der Waals surface area contributed by atoms with Gasteiger partial charge in [0.15, 0.2) is 11.5 Å². The second kappa shape index (κ2) is 8.92. The molecule has 4 nitrogen and oxygen atoms in total. The monoisotopic (exact) mass is 440 g/mol. The van der Waals surface area contributed by atoms with Crippen LogP contribution in [0.15, 0.2) is 30.3 Å². The van der Waals surface area contributed by atoms with Gasteiger partial charge in [-0.05, 0) is 71.3 Å². The standard InChI is InChI=1S/C19H21IO4/c1-4-14-7-13(2)8-16(9-14)23-5-6-24-19-17(20)10-15(12-21)11-18(19)22-3/h7-12H,4-6H2,1-3H3. The maximum atomic E-state index is 10.9. The maximum Gasteiger partial charge on any atom is 0.174 e. The number of carbonyl (C=O) groups excluding carboxylic acids is 1. The number of rotatable bonds is 8. The summed E-state index contributed by atoms with van der Waals surface area (Å²) in [6.45, 7) is 5.01. The molecule has 0 aromatic heterocycles. The molecule has 0 unspecified atom stereocenters. The third kappa shape index (κ3) is 4.87.